The van der Waals surface area contributed by atoms with E-state index in [-0.39, 0.29) is 5.56 Å². The second kappa shape index (κ2) is 12.7. The van der Waals surface area contributed by atoms with Crippen molar-refractivity contribution in [3.63, 3.8) is 0 Å². The molecule has 0 aliphatic heterocycles. The summed E-state index contributed by atoms with van der Waals surface area (Å²) in [5.74, 6) is -0.968. The van der Waals surface area contributed by atoms with E-state index in [0.29, 0.717) is 0 Å². The lowest BCUT2D eigenvalue weighted by Crippen LogP contribution is -2.38. The average molecular weight is 675 g/mol. The second-order valence-corrected chi connectivity index (χ2v) is 13.8. The van der Waals surface area contributed by atoms with Crippen molar-refractivity contribution < 1.29 is 9.90 Å². The number of nitrogens with zero attached hydrogens (tertiary/aromatic N) is 4. The average Bonchev–Trinajstić information content (AvgIpc) is 3.92. The van der Waals surface area contributed by atoms with Gasteiger partial charge in [0.15, 0.2) is 0 Å². The second-order valence-electron chi connectivity index (χ2n) is 11.6. The molecular formula is C41H30N4O2S2. The normalized spacial score (nSPS) is 11.6. The van der Waals surface area contributed by atoms with Crippen molar-refractivity contribution in [3.8, 4) is 33.0 Å². The molecule has 238 valence electrons. The third-order valence-corrected chi connectivity index (χ3v) is 11.1. The molecule has 4 aromatic carbocycles. The van der Waals surface area contributed by atoms with E-state index in [1.807, 2.05) is 42.6 Å². The van der Waals surface area contributed by atoms with Crippen LogP contribution in [0.25, 0.3) is 38.6 Å². The van der Waals surface area contributed by atoms with Crippen LogP contribution >= 0.6 is 23.1 Å². The summed E-state index contributed by atoms with van der Waals surface area (Å²) in [6.07, 6.45) is 8.27. The lowest BCUT2D eigenvalue weighted by Gasteiger charge is -2.36. The van der Waals surface area contributed by atoms with Crippen molar-refractivity contribution in [1.82, 2.24) is 19.2 Å². The van der Waals surface area contributed by atoms with E-state index in [1.165, 1.54) is 4.21 Å². The zero-order valence-corrected chi connectivity index (χ0v) is 28.1. The molecule has 0 atom stereocenters. The molecule has 0 radical (unpaired) electrons. The summed E-state index contributed by atoms with van der Waals surface area (Å²) in [5.41, 5.74) is 7.87. The number of aromatic nitrogens is 4. The molecule has 8 rings (SSSR count). The Morgan fingerprint density at radius 1 is 0.714 bits per heavy atom. The molecule has 49 heavy (non-hydrogen) atoms. The Bertz CT molecular complexity index is 2300. The van der Waals surface area contributed by atoms with Crippen LogP contribution in [0.4, 0.5) is 0 Å². The Balaban J connectivity index is 1.42. The van der Waals surface area contributed by atoms with Gasteiger partial charge in [-0.25, -0.2) is 9.78 Å². The minimum absolute atomic E-state index is 0.224. The number of carboxylic acids is 1. The number of hydrogen-bond donors (Lipinski definition) is 1. The highest BCUT2D eigenvalue weighted by Crippen LogP contribution is 2.43. The predicted molar refractivity (Wildman–Crippen MR) is 199 cm³/mol. The SMILES string of the molecule is CSc1ccc(-c2cnc3ccc(-c4cn(C(c5ccccc5)(c5ccccc5)c5ccccc5)nc4-c4ccc(C(=O)O)cc4)cn23)s1. The summed E-state index contributed by atoms with van der Waals surface area (Å²) in [5, 5.41) is 15.1. The van der Waals surface area contributed by atoms with Crippen molar-refractivity contribution in [2.24, 2.45) is 0 Å². The van der Waals surface area contributed by atoms with Gasteiger partial charge in [-0.05, 0) is 59.3 Å². The quantitative estimate of drug-likeness (QED) is 0.122. The van der Waals surface area contributed by atoms with Gasteiger partial charge in [0, 0.05) is 29.1 Å². The zero-order chi connectivity index (χ0) is 33.4. The molecule has 0 fully saturated rings. The number of fused-ring (bicyclic) bond motifs is 1. The smallest absolute Gasteiger partial charge is 0.335 e. The third kappa shape index (κ3) is 5.35. The van der Waals surface area contributed by atoms with Gasteiger partial charge in [0.25, 0.3) is 0 Å². The summed E-state index contributed by atoms with van der Waals surface area (Å²) >= 11 is 3.48. The van der Waals surface area contributed by atoms with Crippen LogP contribution in [-0.4, -0.2) is 36.5 Å². The fraction of sp³-hybridized carbons (Fsp3) is 0.0488. The first-order valence-corrected chi connectivity index (χ1v) is 17.8. The van der Waals surface area contributed by atoms with Crippen molar-refractivity contribution in [2.45, 2.75) is 9.75 Å². The number of thiophene rings is 1. The number of thioether (sulfide) groups is 1. The topological polar surface area (TPSA) is 72.4 Å². The van der Waals surface area contributed by atoms with Crippen LogP contribution in [0.1, 0.15) is 27.0 Å². The van der Waals surface area contributed by atoms with Crippen LogP contribution in [0, 0.1) is 0 Å². The Hall–Kier alpha value is -5.70. The van der Waals surface area contributed by atoms with Crippen molar-refractivity contribution in [3.05, 3.63) is 180 Å². The molecule has 0 unspecified atom stereocenters. The minimum atomic E-state index is -0.968. The molecular weight excluding hydrogens is 645 g/mol. The molecule has 4 aromatic heterocycles. The van der Waals surface area contributed by atoms with Gasteiger partial charge in [0.2, 0.25) is 0 Å². The van der Waals surface area contributed by atoms with Crippen LogP contribution < -0.4 is 0 Å². The number of benzene rings is 4. The number of imidazole rings is 1. The molecule has 6 nitrogen and oxygen atoms in total. The van der Waals surface area contributed by atoms with E-state index in [2.05, 4.69) is 119 Å². The summed E-state index contributed by atoms with van der Waals surface area (Å²) in [4.78, 5) is 17.6. The number of carboxylic acid groups (broad SMARTS) is 1. The summed E-state index contributed by atoms with van der Waals surface area (Å²) < 4.78 is 5.46. The summed E-state index contributed by atoms with van der Waals surface area (Å²) in [6, 6.07) is 46.7. The molecule has 4 heterocycles. The van der Waals surface area contributed by atoms with Crippen LogP contribution in [0.5, 0.6) is 0 Å². The van der Waals surface area contributed by atoms with Crippen molar-refractivity contribution in [1.29, 1.82) is 0 Å². The number of hydrogen-bond acceptors (Lipinski definition) is 5. The van der Waals surface area contributed by atoms with E-state index in [9.17, 15) is 9.90 Å². The maximum Gasteiger partial charge on any atom is 0.335 e. The molecule has 1 N–H and O–H groups in total. The largest absolute Gasteiger partial charge is 0.478 e. The van der Waals surface area contributed by atoms with Crippen molar-refractivity contribution >= 4 is 34.7 Å². The van der Waals surface area contributed by atoms with Gasteiger partial charge in [-0.15, -0.1) is 23.1 Å². The number of rotatable bonds is 9. The Morgan fingerprint density at radius 3 is 1.86 bits per heavy atom. The highest BCUT2D eigenvalue weighted by Gasteiger charge is 2.40. The first-order chi connectivity index (χ1) is 24.1. The number of carbonyl (C=O) groups is 1. The molecule has 0 amide bonds. The first kappa shape index (κ1) is 30.6. The molecule has 0 aliphatic rings. The van der Waals surface area contributed by atoms with Crippen LogP contribution in [0.3, 0.4) is 0 Å². The Morgan fingerprint density at radius 2 is 1.31 bits per heavy atom. The minimum Gasteiger partial charge on any atom is -0.478 e. The molecule has 0 spiro atoms. The molecule has 8 heteroatoms. The molecule has 0 bridgehead atoms. The van der Waals surface area contributed by atoms with E-state index in [4.69, 9.17) is 10.1 Å². The lowest BCUT2D eigenvalue weighted by atomic mass is 9.77. The van der Waals surface area contributed by atoms with Gasteiger partial charge in [-0.1, -0.05) is 103 Å². The standard InChI is InChI=1S/C41H30N4O2S2/c1-48-38-24-22-36(49-38)35-25-42-37-23-21-30(26-44(35)37)34-27-45(43-39(34)28-17-19-29(20-18-28)40(46)47)41(31-11-5-2-6-12-31,32-13-7-3-8-14-32)33-15-9-4-10-16-33/h2-27H,1H3,(H,46,47). The van der Waals surface area contributed by atoms with Gasteiger partial charge < -0.3 is 5.11 Å². The maximum atomic E-state index is 11.8. The molecule has 8 aromatic rings. The lowest BCUT2D eigenvalue weighted by molar-refractivity contribution is 0.0697. The van der Waals surface area contributed by atoms with Gasteiger partial charge >= 0.3 is 5.97 Å². The summed E-state index contributed by atoms with van der Waals surface area (Å²) in [6.45, 7) is 0. The van der Waals surface area contributed by atoms with Crippen LogP contribution in [0.2, 0.25) is 0 Å². The predicted octanol–water partition coefficient (Wildman–Crippen LogP) is 9.85. The first-order valence-electron chi connectivity index (χ1n) is 15.8. The number of aromatic carboxylic acids is 1. The third-order valence-electron chi connectivity index (χ3n) is 8.89. The summed E-state index contributed by atoms with van der Waals surface area (Å²) in [7, 11) is 0. The van der Waals surface area contributed by atoms with E-state index in [0.717, 1.165) is 55.3 Å². The van der Waals surface area contributed by atoms with Gasteiger partial charge in [0.05, 0.1) is 26.5 Å². The zero-order valence-electron chi connectivity index (χ0n) is 26.5. The number of pyridine rings is 1. The molecule has 0 saturated heterocycles. The van der Waals surface area contributed by atoms with Crippen molar-refractivity contribution in [2.75, 3.05) is 6.26 Å². The fourth-order valence-electron chi connectivity index (χ4n) is 6.57. The van der Waals surface area contributed by atoms with Crippen LogP contribution in [0.15, 0.2) is 162 Å². The highest BCUT2D eigenvalue weighted by molar-refractivity contribution is 8.00. The van der Waals surface area contributed by atoms with E-state index in [1.54, 1.807) is 35.2 Å². The Labute approximate surface area is 292 Å². The Kier molecular flexibility index (Phi) is 7.95. The van der Waals surface area contributed by atoms with Crippen LogP contribution in [-0.2, 0) is 5.54 Å². The van der Waals surface area contributed by atoms with Gasteiger partial charge in [-0.2, -0.15) is 5.10 Å². The van der Waals surface area contributed by atoms with E-state index < -0.39 is 11.5 Å². The van der Waals surface area contributed by atoms with Gasteiger partial charge in [-0.3, -0.25) is 9.08 Å². The molecule has 0 saturated carbocycles. The van der Waals surface area contributed by atoms with E-state index >= 15 is 0 Å². The van der Waals surface area contributed by atoms with Gasteiger partial charge in [0.1, 0.15) is 16.9 Å². The fourth-order valence-corrected chi connectivity index (χ4v) is 8.12. The highest BCUT2D eigenvalue weighted by atomic mass is 32.2. The monoisotopic (exact) mass is 674 g/mol. The maximum absolute atomic E-state index is 11.8. The molecule has 0 aliphatic carbocycles.